The summed E-state index contributed by atoms with van der Waals surface area (Å²) < 4.78 is 105. The molecule has 0 amide bonds. The highest BCUT2D eigenvalue weighted by molar-refractivity contribution is 7.86. The monoisotopic (exact) mass is 730 g/mol. The largest absolute Gasteiger partial charge is 0.493 e. The normalized spacial score (nSPS) is 23.7. The molecule has 0 saturated heterocycles. The average Bonchev–Trinajstić information content (AvgIpc) is 3.09. The van der Waals surface area contributed by atoms with Gasteiger partial charge in [0.25, 0.3) is 10.1 Å². The molecule has 3 N–H and O–H groups in total. The van der Waals surface area contributed by atoms with Gasteiger partial charge in [0.1, 0.15) is 12.2 Å². The highest BCUT2D eigenvalue weighted by Gasteiger charge is 2.36. The van der Waals surface area contributed by atoms with E-state index in [-0.39, 0.29) is 47.0 Å². The second kappa shape index (κ2) is 17.5. The van der Waals surface area contributed by atoms with Crippen LogP contribution in [0, 0.1) is 42.0 Å². The first-order valence-electron chi connectivity index (χ1n) is 16.1. The van der Waals surface area contributed by atoms with Crippen molar-refractivity contribution < 1.29 is 64.4 Å². The van der Waals surface area contributed by atoms with Crippen molar-refractivity contribution in [2.24, 2.45) is 11.8 Å². The zero-order valence-electron chi connectivity index (χ0n) is 27.9. The number of methoxy groups -OCH3 is 2. The quantitative estimate of drug-likeness (QED) is 0.172. The first-order valence-corrected chi connectivity index (χ1v) is 17.5. The lowest BCUT2D eigenvalue weighted by Gasteiger charge is -2.34. The van der Waals surface area contributed by atoms with Crippen LogP contribution in [-0.2, 0) is 14.3 Å². The lowest BCUT2D eigenvalue weighted by molar-refractivity contribution is -0.0474. The molecule has 6 atom stereocenters. The second-order valence-corrected chi connectivity index (χ2v) is 13.9. The average molecular weight is 731 g/mol. The van der Waals surface area contributed by atoms with Crippen LogP contribution < -0.4 is 18.9 Å². The lowest BCUT2D eigenvalue weighted by atomic mass is 9.85. The van der Waals surface area contributed by atoms with E-state index in [9.17, 15) is 41.3 Å². The molecule has 0 radical (unpaired) electrons. The van der Waals surface area contributed by atoms with Crippen molar-refractivity contribution in [3.8, 4) is 23.0 Å². The lowest BCUT2D eigenvalue weighted by Crippen LogP contribution is -2.43. The van der Waals surface area contributed by atoms with Crippen molar-refractivity contribution in [1.29, 1.82) is 0 Å². The first kappa shape index (κ1) is 39.2. The summed E-state index contributed by atoms with van der Waals surface area (Å²) in [6.45, 7) is 1.50. The van der Waals surface area contributed by atoms with Gasteiger partial charge in [0.15, 0.2) is 46.3 Å². The molecule has 2 fully saturated rings. The molecule has 2 aliphatic carbocycles. The molecule has 0 heterocycles. The maximum absolute atomic E-state index is 13.6. The summed E-state index contributed by atoms with van der Waals surface area (Å²) in [5.74, 6) is -4.90. The third kappa shape index (κ3) is 9.78. The highest BCUT2D eigenvalue weighted by Crippen LogP contribution is 2.36. The molecular weight excluding hydrogens is 688 g/mol. The van der Waals surface area contributed by atoms with Crippen LogP contribution in [0.5, 0.6) is 23.0 Å². The van der Waals surface area contributed by atoms with E-state index in [4.69, 9.17) is 23.1 Å². The number of hydrogen-bond donors (Lipinski definition) is 3. The number of aliphatic hydroxyl groups excluding tert-OH is 3. The standard InChI is InChI=1S/C21H24F2O6S.C14H18F2O4/c1-13-6-8-15(9-7-13)30(25,26)28-12-14-4-3-5-18(21(14)24)29-20-11-17(23)16(22)10-19(20)27-2;1-19-12-5-9(15)10(16)6-13(12)20-11-4-2-3-8(7-17)14(11)18/h6-11,14,18,21,24H,3-5,12H2,1-2H3;5-6,8,11,14,17-18H,2-4,7H2,1H3/t14-,18?,21-;8-,11?,14-/m11/s1. The number of aliphatic hydroxyl groups is 3. The molecular formula is C35H42F4O10S. The fourth-order valence-electron chi connectivity index (χ4n) is 5.89. The fourth-order valence-corrected chi connectivity index (χ4v) is 6.85. The van der Waals surface area contributed by atoms with Gasteiger partial charge >= 0.3 is 0 Å². The first-order chi connectivity index (χ1) is 23.8. The Hall–Kier alpha value is -3.63. The Morgan fingerprint density at radius 2 is 1.10 bits per heavy atom. The van der Waals surface area contributed by atoms with E-state index in [1.54, 1.807) is 12.1 Å². The third-order valence-corrected chi connectivity index (χ3v) is 10.1. The van der Waals surface area contributed by atoms with Gasteiger partial charge in [-0.1, -0.05) is 17.7 Å². The molecule has 2 saturated carbocycles. The molecule has 0 aromatic heterocycles. The Labute approximate surface area is 288 Å². The van der Waals surface area contributed by atoms with Gasteiger partial charge < -0.3 is 34.3 Å². The van der Waals surface area contributed by atoms with Crippen LogP contribution in [0.2, 0.25) is 0 Å². The minimum atomic E-state index is -3.96. The van der Waals surface area contributed by atoms with Gasteiger partial charge in [0, 0.05) is 42.7 Å². The van der Waals surface area contributed by atoms with E-state index in [0.29, 0.717) is 32.1 Å². The molecule has 5 rings (SSSR count). The molecule has 3 aromatic rings. The number of benzene rings is 3. The molecule has 2 aliphatic rings. The minimum Gasteiger partial charge on any atom is -0.493 e. The van der Waals surface area contributed by atoms with Crippen molar-refractivity contribution in [1.82, 2.24) is 0 Å². The number of ether oxygens (including phenoxy) is 4. The Morgan fingerprint density at radius 3 is 1.54 bits per heavy atom. The van der Waals surface area contributed by atoms with Crippen LogP contribution in [0.3, 0.4) is 0 Å². The van der Waals surface area contributed by atoms with Gasteiger partial charge in [-0.2, -0.15) is 8.42 Å². The molecule has 10 nitrogen and oxygen atoms in total. The predicted octanol–water partition coefficient (Wildman–Crippen LogP) is 5.47. The van der Waals surface area contributed by atoms with Gasteiger partial charge in [-0.05, 0) is 57.6 Å². The van der Waals surface area contributed by atoms with E-state index in [2.05, 4.69) is 0 Å². The van der Waals surface area contributed by atoms with E-state index in [1.165, 1.54) is 26.4 Å². The SMILES string of the molecule is COc1cc(F)c(F)cc1OC1CCC[C@H](CO)[C@H]1O.COc1cc(F)c(F)cc1OC1CCC[C@H](COS(=O)(=O)c2ccc(C)cc2)[C@H]1O. The molecule has 3 aromatic carbocycles. The van der Waals surface area contributed by atoms with Crippen molar-refractivity contribution >= 4 is 10.1 Å². The highest BCUT2D eigenvalue weighted by atomic mass is 32.2. The van der Waals surface area contributed by atoms with Gasteiger partial charge in [-0.25, -0.2) is 17.6 Å². The fraction of sp³-hybridized carbons (Fsp3) is 0.486. The Morgan fingerprint density at radius 1 is 0.680 bits per heavy atom. The number of rotatable bonds is 11. The molecule has 276 valence electrons. The van der Waals surface area contributed by atoms with E-state index < -0.39 is 63.7 Å². The molecule has 0 aliphatic heterocycles. The summed E-state index contributed by atoms with van der Waals surface area (Å²) in [5.41, 5.74) is 0.921. The van der Waals surface area contributed by atoms with Crippen LogP contribution in [0.1, 0.15) is 44.1 Å². The van der Waals surface area contributed by atoms with Crippen LogP contribution in [0.25, 0.3) is 0 Å². The number of hydrogen-bond acceptors (Lipinski definition) is 10. The summed E-state index contributed by atoms with van der Waals surface area (Å²) >= 11 is 0. The molecule has 0 spiro atoms. The maximum Gasteiger partial charge on any atom is 0.296 e. The molecule has 50 heavy (non-hydrogen) atoms. The summed E-state index contributed by atoms with van der Waals surface area (Å²) in [6.07, 6.45) is 0.533. The zero-order chi connectivity index (χ0) is 36.6. The van der Waals surface area contributed by atoms with Gasteiger partial charge in [-0.15, -0.1) is 0 Å². The Balaban J connectivity index is 0.000000244. The van der Waals surface area contributed by atoms with Gasteiger partial charge in [0.05, 0.1) is 37.9 Å². The van der Waals surface area contributed by atoms with Crippen molar-refractivity contribution in [2.75, 3.05) is 27.4 Å². The van der Waals surface area contributed by atoms with E-state index in [1.807, 2.05) is 6.92 Å². The van der Waals surface area contributed by atoms with Crippen LogP contribution >= 0.6 is 0 Å². The van der Waals surface area contributed by atoms with Gasteiger partial charge in [0.2, 0.25) is 0 Å². The molecule has 0 bridgehead atoms. The van der Waals surface area contributed by atoms with Crippen molar-refractivity contribution in [3.63, 3.8) is 0 Å². The topological polar surface area (TPSA) is 141 Å². The Kier molecular flexibility index (Phi) is 13.7. The van der Waals surface area contributed by atoms with Crippen LogP contribution in [-0.4, -0.2) is 75.6 Å². The maximum atomic E-state index is 13.6. The van der Waals surface area contributed by atoms with Crippen molar-refractivity contribution in [3.05, 3.63) is 77.4 Å². The number of aryl methyl sites for hydroxylation is 1. The van der Waals surface area contributed by atoms with E-state index >= 15 is 0 Å². The van der Waals surface area contributed by atoms with E-state index in [0.717, 1.165) is 36.2 Å². The summed E-state index contributed by atoms with van der Waals surface area (Å²) in [5, 5.41) is 29.9. The molecule has 2 unspecified atom stereocenters. The summed E-state index contributed by atoms with van der Waals surface area (Å²) in [4.78, 5) is 0.0396. The second-order valence-electron chi connectivity index (χ2n) is 12.2. The number of halogens is 4. The van der Waals surface area contributed by atoms with Gasteiger partial charge in [-0.3, -0.25) is 4.18 Å². The zero-order valence-corrected chi connectivity index (χ0v) is 28.7. The molecule has 15 heteroatoms. The van der Waals surface area contributed by atoms with Crippen molar-refractivity contribution in [2.45, 2.75) is 74.8 Å². The third-order valence-electron chi connectivity index (χ3n) is 8.81. The Bertz CT molecular complexity index is 1670. The minimum absolute atomic E-state index is 0.00132. The summed E-state index contributed by atoms with van der Waals surface area (Å²) in [7, 11) is -1.34. The van der Waals surface area contributed by atoms with Crippen LogP contribution in [0.4, 0.5) is 17.6 Å². The van der Waals surface area contributed by atoms with Crippen LogP contribution in [0.15, 0.2) is 53.4 Å². The smallest absolute Gasteiger partial charge is 0.296 e. The summed E-state index contributed by atoms with van der Waals surface area (Å²) in [6, 6.07) is 9.81. The predicted molar refractivity (Wildman–Crippen MR) is 173 cm³/mol.